The minimum atomic E-state index is 0.452. The van der Waals surface area contributed by atoms with Crippen molar-refractivity contribution in [3.63, 3.8) is 0 Å². The second-order valence-electron chi connectivity index (χ2n) is 4.57. The third-order valence-corrected chi connectivity index (χ3v) is 4.17. The van der Waals surface area contributed by atoms with E-state index >= 15 is 0 Å². The first-order valence-corrected chi connectivity index (χ1v) is 7.57. The van der Waals surface area contributed by atoms with Crippen LogP contribution in [0.25, 0.3) is 0 Å². The van der Waals surface area contributed by atoms with E-state index in [2.05, 4.69) is 20.4 Å². The number of nitrogens with one attached hydrogen (secondary N) is 1. The minimum Gasteiger partial charge on any atom is -0.339 e. The molecule has 0 aliphatic carbocycles. The first-order valence-electron chi connectivity index (χ1n) is 6.41. The summed E-state index contributed by atoms with van der Waals surface area (Å²) in [6.45, 7) is 1.06. The maximum Gasteiger partial charge on any atom is 0.228 e. The van der Waals surface area contributed by atoms with E-state index in [-0.39, 0.29) is 0 Å². The SMILES string of the molecule is c1cc(Cc2noc(CC3CSCCN3)n2)ccn1. The number of nitrogens with zero attached hydrogens (tertiary/aromatic N) is 3. The summed E-state index contributed by atoms with van der Waals surface area (Å²) < 4.78 is 5.31. The number of hydrogen-bond acceptors (Lipinski definition) is 6. The molecule has 1 N–H and O–H groups in total. The van der Waals surface area contributed by atoms with E-state index in [1.807, 2.05) is 23.9 Å². The van der Waals surface area contributed by atoms with Crippen molar-refractivity contribution in [1.82, 2.24) is 20.4 Å². The van der Waals surface area contributed by atoms with Crippen molar-refractivity contribution in [1.29, 1.82) is 0 Å². The van der Waals surface area contributed by atoms with Crippen LogP contribution in [0.4, 0.5) is 0 Å². The van der Waals surface area contributed by atoms with Gasteiger partial charge in [0.15, 0.2) is 5.82 Å². The van der Waals surface area contributed by atoms with Gasteiger partial charge in [0.05, 0.1) is 0 Å². The molecule has 1 aliphatic rings. The number of aromatic nitrogens is 3. The maximum atomic E-state index is 5.31. The van der Waals surface area contributed by atoms with E-state index in [1.54, 1.807) is 12.4 Å². The predicted molar refractivity (Wildman–Crippen MR) is 74.2 cm³/mol. The van der Waals surface area contributed by atoms with Crippen LogP contribution in [0.5, 0.6) is 0 Å². The molecule has 6 heteroatoms. The summed E-state index contributed by atoms with van der Waals surface area (Å²) >= 11 is 1.97. The third kappa shape index (κ3) is 3.54. The molecule has 2 aromatic rings. The number of rotatable bonds is 4. The molecule has 3 heterocycles. The predicted octanol–water partition coefficient (Wildman–Crippen LogP) is 1.30. The molecule has 1 atom stereocenters. The summed E-state index contributed by atoms with van der Waals surface area (Å²) in [6.07, 6.45) is 5.06. The fraction of sp³-hybridized carbons (Fsp3) is 0.462. The Morgan fingerprint density at radius 3 is 3.05 bits per heavy atom. The van der Waals surface area contributed by atoms with Crippen LogP contribution in [0.2, 0.25) is 0 Å². The maximum absolute atomic E-state index is 5.31. The lowest BCUT2D eigenvalue weighted by Gasteiger charge is -2.21. The average molecular weight is 276 g/mol. The summed E-state index contributed by atoms with van der Waals surface area (Å²) in [5.74, 6) is 3.77. The van der Waals surface area contributed by atoms with Crippen LogP contribution in [-0.2, 0) is 12.8 Å². The zero-order chi connectivity index (χ0) is 12.9. The summed E-state index contributed by atoms with van der Waals surface area (Å²) in [7, 11) is 0. The molecule has 100 valence electrons. The monoisotopic (exact) mass is 276 g/mol. The molecule has 3 rings (SSSR count). The highest BCUT2D eigenvalue weighted by Gasteiger charge is 2.17. The van der Waals surface area contributed by atoms with Gasteiger partial charge in [0, 0.05) is 49.3 Å². The molecule has 1 aliphatic heterocycles. The molecule has 0 aromatic carbocycles. The van der Waals surface area contributed by atoms with Gasteiger partial charge in [-0.2, -0.15) is 16.7 Å². The Bertz CT molecular complexity index is 510. The van der Waals surface area contributed by atoms with Crippen molar-refractivity contribution in [3.05, 3.63) is 41.8 Å². The molecular weight excluding hydrogens is 260 g/mol. The van der Waals surface area contributed by atoms with E-state index in [4.69, 9.17) is 4.52 Å². The van der Waals surface area contributed by atoms with Gasteiger partial charge in [-0.15, -0.1) is 0 Å². The van der Waals surface area contributed by atoms with Gasteiger partial charge >= 0.3 is 0 Å². The minimum absolute atomic E-state index is 0.452. The summed E-state index contributed by atoms with van der Waals surface area (Å²) in [5.41, 5.74) is 1.15. The van der Waals surface area contributed by atoms with E-state index in [0.29, 0.717) is 12.5 Å². The molecule has 0 radical (unpaired) electrons. The van der Waals surface area contributed by atoms with Crippen molar-refractivity contribution in [3.8, 4) is 0 Å². The van der Waals surface area contributed by atoms with Gasteiger partial charge < -0.3 is 9.84 Å². The molecule has 2 aromatic heterocycles. The first-order chi connectivity index (χ1) is 9.40. The van der Waals surface area contributed by atoms with Crippen LogP contribution >= 0.6 is 11.8 Å². The standard InChI is InChI=1S/C13H16N4OS/c1-3-14-4-2-10(1)7-12-16-13(18-17-12)8-11-9-19-6-5-15-11/h1-4,11,15H,5-9H2. The average Bonchev–Trinajstić information content (AvgIpc) is 2.88. The van der Waals surface area contributed by atoms with Crippen LogP contribution in [-0.4, -0.2) is 39.2 Å². The molecule has 0 bridgehead atoms. The first kappa shape index (κ1) is 12.6. The quantitative estimate of drug-likeness (QED) is 0.908. The molecule has 19 heavy (non-hydrogen) atoms. The topological polar surface area (TPSA) is 63.8 Å². The lowest BCUT2D eigenvalue weighted by Crippen LogP contribution is -2.38. The van der Waals surface area contributed by atoms with Crippen LogP contribution in [0, 0.1) is 0 Å². The van der Waals surface area contributed by atoms with Gasteiger partial charge in [-0.1, -0.05) is 5.16 Å². The van der Waals surface area contributed by atoms with Crippen molar-refractivity contribution in [2.24, 2.45) is 0 Å². The fourth-order valence-corrected chi connectivity index (χ4v) is 3.04. The Kier molecular flexibility index (Phi) is 4.10. The Balaban J connectivity index is 1.59. The number of pyridine rings is 1. The molecule has 1 saturated heterocycles. The highest BCUT2D eigenvalue weighted by atomic mass is 32.2. The van der Waals surface area contributed by atoms with Crippen molar-refractivity contribution in [2.75, 3.05) is 18.1 Å². The smallest absolute Gasteiger partial charge is 0.228 e. The van der Waals surface area contributed by atoms with Crippen molar-refractivity contribution in [2.45, 2.75) is 18.9 Å². The van der Waals surface area contributed by atoms with Gasteiger partial charge in [0.2, 0.25) is 5.89 Å². The molecule has 1 unspecified atom stereocenters. The Morgan fingerprint density at radius 1 is 1.37 bits per heavy atom. The van der Waals surface area contributed by atoms with Gasteiger partial charge in [-0.05, 0) is 17.7 Å². The van der Waals surface area contributed by atoms with Crippen molar-refractivity contribution < 1.29 is 4.52 Å². The van der Waals surface area contributed by atoms with Gasteiger partial charge in [0.1, 0.15) is 0 Å². The second-order valence-corrected chi connectivity index (χ2v) is 5.72. The van der Waals surface area contributed by atoms with Gasteiger partial charge in [0.25, 0.3) is 0 Å². The number of hydrogen-bond donors (Lipinski definition) is 1. The molecule has 1 fully saturated rings. The fourth-order valence-electron chi connectivity index (χ4n) is 2.09. The summed E-state index contributed by atoms with van der Waals surface area (Å²) in [6, 6.07) is 4.39. The Hall–Kier alpha value is -1.40. The largest absolute Gasteiger partial charge is 0.339 e. The summed E-state index contributed by atoms with van der Waals surface area (Å²) in [5, 5.41) is 7.51. The van der Waals surface area contributed by atoms with E-state index in [1.165, 1.54) is 5.75 Å². The second kappa shape index (κ2) is 6.16. The van der Waals surface area contributed by atoms with E-state index < -0.39 is 0 Å². The van der Waals surface area contributed by atoms with Crippen molar-refractivity contribution >= 4 is 11.8 Å². The molecular formula is C13H16N4OS. The lowest BCUT2D eigenvalue weighted by molar-refractivity contribution is 0.359. The van der Waals surface area contributed by atoms with Gasteiger partial charge in [-0.3, -0.25) is 4.98 Å². The van der Waals surface area contributed by atoms with E-state index in [0.717, 1.165) is 36.0 Å². The molecule has 5 nitrogen and oxygen atoms in total. The van der Waals surface area contributed by atoms with Crippen LogP contribution in [0.1, 0.15) is 17.3 Å². The lowest BCUT2D eigenvalue weighted by atomic mass is 10.2. The summed E-state index contributed by atoms with van der Waals surface area (Å²) in [4.78, 5) is 8.45. The molecule has 0 spiro atoms. The number of thioether (sulfide) groups is 1. The van der Waals surface area contributed by atoms with E-state index in [9.17, 15) is 0 Å². The van der Waals surface area contributed by atoms with Gasteiger partial charge in [-0.25, -0.2) is 0 Å². The Morgan fingerprint density at radius 2 is 2.26 bits per heavy atom. The molecule has 0 saturated carbocycles. The highest BCUT2D eigenvalue weighted by molar-refractivity contribution is 7.99. The van der Waals surface area contributed by atoms with Crippen LogP contribution in [0.15, 0.2) is 29.0 Å². The zero-order valence-electron chi connectivity index (χ0n) is 10.6. The van der Waals surface area contributed by atoms with Crippen LogP contribution in [0.3, 0.4) is 0 Å². The third-order valence-electron chi connectivity index (χ3n) is 3.04. The zero-order valence-corrected chi connectivity index (χ0v) is 11.4. The highest BCUT2D eigenvalue weighted by Crippen LogP contribution is 2.12. The molecule has 0 amide bonds. The van der Waals surface area contributed by atoms with Crippen LogP contribution < -0.4 is 5.32 Å². The Labute approximate surface area is 116 Å². The normalized spacial score (nSPS) is 19.5.